The fourth-order valence-electron chi connectivity index (χ4n) is 3.92. The Hall–Kier alpha value is -3.16. The van der Waals surface area contributed by atoms with E-state index in [1.54, 1.807) is 0 Å². The van der Waals surface area contributed by atoms with Gasteiger partial charge in [-0.25, -0.2) is 9.97 Å². The molecular formula is C24H24N4O3. The summed E-state index contributed by atoms with van der Waals surface area (Å²) in [4.78, 5) is 9.51. The molecule has 2 aliphatic rings. The first-order chi connectivity index (χ1) is 15.2. The van der Waals surface area contributed by atoms with Gasteiger partial charge in [-0.3, -0.25) is 4.57 Å². The van der Waals surface area contributed by atoms with Crippen molar-refractivity contribution in [3.63, 3.8) is 0 Å². The van der Waals surface area contributed by atoms with Gasteiger partial charge in [-0.2, -0.15) is 0 Å². The summed E-state index contributed by atoms with van der Waals surface area (Å²) in [6.07, 6.45) is 2.01. The number of benzene rings is 2. The van der Waals surface area contributed by atoms with Crippen LogP contribution in [0.1, 0.15) is 6.92 Å². The molecule has 31 heavy (non-hydrogen) atoms. The highest BCUT2D eigenvalue weighted by Gasteiger charge is 2.34. The van der Waals surface area contributed by atoms with E-state index in [0.29, 0.717) is 6.61 Å². The molecule has 0 amide bonds. The van der Waals surface area contributed by atoms with Crippen LogP contribution in [-0.4, -0.2) is 53.5 Å². The van der Waals surface area contributed by atoms with E-state index >= 15 is 0 Å². The second-order valence-electron chi connectivity index (χ2n) is 8.75. The molecule has 4 heterocycles. The number of nitrogens with zero attached hydrogens (tertiary/aromatic N) is 3. The van der Waals surface area contributed by atoms with Crippen LogP contribution in [0.5, 0.6) is 11.5 Å². The molecule has 0 spiro atoms. The van der Waals surface area contributed by atoms with Crippen LogP contribution in [0.15, 0.2) is 54.9 Å². The molecule has 7 heteroatoms. The predicted molar refractivity (Wildman–Crippen MR) is 118 cm³/mol. The lowest BCUT2D eigenvalue weighted by atomic mass is 9.90. The van der Waals surface area contributed by atoms with E-state index < -0.39 is 0 Å². The molecule has 6 rings (SSSR count). The van der Waals surface area contributed by atoms with E-state index in [0.717, 1.165) is 65.6 Å². The highest BCUT2D eigenvalue weighted by atomic mass is 16.5. The smallest absolute Gasteiger partial charge is 0.146 e. The molecule has 2 aliphatic heterocycles. The van der Waals surface area contributed by atoms with E-state index in [1.807, 2.05) is 47.3 Å². The van der Waals surface area contributed by atoms with Crippen molar-refractivity contribution in [2.75, 3.05) is 32.9 Å². The summed E-state index contributed by atoms with van der Waals surface area (Å²) in [5, 5.41) is 4.29. The minimum absolute atomic E-state index is 0.110. The Morgan fingerprint density at radius 2 is 2.06 bits per heavy atom. The first-order valence-corrected chi connectivity index (χ1v) is 10.6. The number of hydrogen-bond donors (Lipinski definition) is 1. The van der Waals surface area contributed by atoms with Gasteiger partial charge in [0.25, 0.3) is 0 Å². The van der Waals surface area contributed by atoms with Crippen LogP contribution in [0.4, 0.5) is 0 Å². The monoisotopic (exact) mass is 416 g/mol. The summed E-state index contributed by atoms with van der Waals surface area (Å²) in [5.41, 5.74) is 2.83. The zero-order valence-corrected chi connectivity index (χ0v) is 17.4. The Kier molecular flexibility index (Phi) is 4.33. The summed E-state index contributed by atoms with van der Waals surface area (Å²) < 4.78 is 19.4. The molecule has 0 radical (unpaired) electrons. The number of hydrogen-bond acceptors (Lipinski definition) is 6. The van der Waals surface area contributed by atoms with Gasteiger partial charge < -0.3 is 19.5 Å². The summed E-state index contributed by atoms with van der Waals surface area (Å²) in [6, 6.07) is 16.1. The minimum atomic E-state index is 0.110. The Morgan fingerprint density at radius 1 is 1.16 bits per heavy atom. The molecule has 0 bridgehead atoms. The van der Waals surface area contributed by atoms with Gasteiger partial charge in [-0.1, -0.05) is 19.1 Å². The van der Waals surface area contributed by atoms with E-state index in [2.05, 4.69) is 29.4 Å². The quantitative estimate of drug-likeness (QED) is 0.520. The normalized spacial score (nSPS) is 18.0. The zero-order chi connectivity index (χ0) is 20.8. The molecule has 2 saturated heterocycles. The van der Waals surface area contributed by atoms with Crippen LogP contribution >= 0.6 is 0 Å². The van der Waals surface area contributed by atoms with Gasteiger partial charge in [0.05, 0.1) is 30.9 Å². The van der Waals surface area contributed by atoms with Gasteiger partial charge in [-0.05, 0) is 30.3 Å². The number of pyridine rings is 1. The third kappa shape index (κ3) is 3.40. The van der Waals surface area contributed by atoms with Gasteiger partial charge in [0, 0.05) is 30.0 Å². The van der Waals surface area contributed by atoms with Crippen LogP contribution in [0.2, 0.25) is 0 Å². The molecule has 4 aromatic rings. The molecule has 158 valence electrons. The van der Waals surface area contributed by atoms with Crippen molar-refractivity contribution in [2.24, 2.45) is 5.41 Å². The van der Waals surface area contributed by atoms with Crippen molar-refractivity contribution in [3.8, 4) is 17.3 Å². The number of imidazole rings is 1. The Bertz CT molecular complexity index is 1260. The van der Waals surface area contributed by atoms with E-state index in [-0.39, 0.29) is 11.5 Å². The Morgan fingerprint density at radius 3 is 2.84 bits per heavy atom. The highest BCUT2D eigenvalue weighted by molar-refractivity contribution is 5.86. The molecule has 2 aromatic carbocycles. The first-order valence-electron chi connectivity index (χ1n) is 10.6. The maximum atomic E-state index is 6.13. The number of rotatable bonds is 6. The molecule has 1 N–H and O–H groups in total. The number of aromatic nitrogens is 3. The summed E-state index contributed by atoms with van der Waals surface area (Å²) in [6.45, 7) is 6.07. The van der Waals surface area contributed by atoms with Gasteiger partial charge in [0.2, 0.25) is 0 Å². The average Bonchev–Trinajstić information content (AvgIpc) is 3.16. The molecule has 2 aromatic heterocycles. The Labute approximate surface area is 180 Å². The van der Waals surface area contributed by atoms with Crippen molar-refractivity contribution in [3.05, 3.63) is 54.9 Å². The summed E-state index contributed by atoms with van der Waals surface area (Å²) in [7, 11) is 0. The Balaban J connectivity index is 1.31. The maximum absolute atomic E-state index is 6.13. The van der Waals surface area contributed by atoms with Crippen molar-refractivity contribution in [1.82, 2.24) is 19.9 Å². The largest absolute Gasteiger partial charge is 0.493 e. The van der Waals surface area contributed by atoms with Gasteiger partial charge in [0.15, 0.2) is 0 Å². The lowest BCUT2D eigenvalue weighted by Gasteiger charge is -2.37. The molecular weight excluding hydrogens is 392 g/mol. The molecule has 0 unspecified atom stereocenters. The third-order valence-corrected chi connectivity index (χ3v) is 5.96. The second kappa shape index (κ2) is 7.21. The number of fused-ring (bicyclic) bond motifs is 2. The van der Waals surface area contributed by atoms with E-state index in [1.165, 1.54) is 0 Å². The summed E-state index contributed by atoms with van der Waals surface area (Å²) >= 11 is 0. The maximum Gasteiger partial charge on any atom is 0.146 e. The van der Waals surface area contributed by atoms with Crippen LogP contribution < -0.4 is 14.8 Å². The molecule has 7 nitrogen and oxygen atoms in total. The fraction of sp³-hybridized carbons (Fsp3) is 0.333. The van der Waals surface area contributed by atoms with Crippen LogP contribution in [0.25, 0.3) is 27.8 Å². The van der Waals surface area contributed by atoms with Crippen molar-refractivity contribution in [1.29, 1.82) is 0 Å². The van der Waals surface area contributed by atoms with Crippen LogP contribution in [0.3, 0.4) is 0 Å². The van der Waals surface area contributed by atoms with Crippen LogP contribution in [-0.2, 0) is 4.74 Å². The number of para-hydroxylation sites is 1. The average molecular weight is 416 g/mol. The van der Waals surface area contributed by atoms with Crippen molar-refractivity contribution < 1.29 is 14.2 Å². The highest BCUT2D eigenvalue weighted by Crippen LogP contribution is 2.30. The standard InChI is InChI=1S/C24H24N4O3/c1-24(12-29-13-24)14-30-17-6-7-20-19(9-17)26-15-28(20)22-8-5-16-3-2-4-21(23(16)27-22)31-18-10-25-11-18/h2-9,15,18,25H,10-14H2,1H3. The summed E-state index contributed by atoms with van der Waals surface area (Å²) in [5.74, 6) is 2.45. The van der Waals surface area contributed by atoms with Gasteiger partial charge in [0.1, 0.15) is 35.3 Å². The topological polar surface area (TPSA) is 70.4 Å². The van der Waals surface area contributed by atoms with Crippen molar-refractivity contribution in [2.45, 2.75) is 13.0 Å². The SMILES string of the molecule is CC1(COc2ccc3c(c2)ncn3-c2ccc3cccc(OC4CNC4)c3n2)COC1. The lowest BCUT2D eigenvalue weighted by Crippen LogP contribution is -2.50. The third-order valence-electron chi connectivity index (χ3n) is 5.96. The fourth-order valence-corrected chi connectivity index (χ4v) is 3.92. The van der Waals surface area contributed by atoms with Gasteiger partial charge in [-0.15, -0.1) is 0 Å². The molecule has 0 saturated carbocycles. The lowest BCUT2D eigenvalue weighted by molar-refractivity contribution is -0.120. The van der Waals surface area contributed by atoms with Gasteiger partial charge >= 0.3 is 0 Å². The zero-order valence-electron chi connectivity index (χ0n) is 17.4. The molecule has 0 aliphatic carbocycles. The second-order valence-corrected chi connectivity index (χ2v) is 8.75. The minimum Gasteiger partial charge on any atom is -0.493 e. The number of nitrogens with one attached hydrogen (secondary N) is 1. The first kappa shape index (κ1) is 18.6. The molecule has 0 atom stereocenters. The van der Waals surface area contributed by atoms with Crippen molar-refractivity contribution >= 4 is 21.9 Å². The van der Waals surface area contributed by atoms with E-state index in [9.17, 15) is 0 Å². The molecule has 2 fully saturated rings. The predicted octanol–water partition coefficient (Wildman–Crippen LogP) is 3.34. The number of ether oxygens (including phenoxy) is 3. The van der Waals surface area contributed by atoms with Crippen LogP contribution in [0, 0.1) is 5.41 Å². The van der Waals surface area contributed by atoms with E-state index in [4.69, 9.17) is 19.2 Å².